The highest BCUT2D eigenvalue weighted by molar-refractivity contribution is 7.09. The van der Waals surface area contributed by atoms with Crippen LogP contribution < -0.4 is 11.1 Å². The van der Waals surface area contributed by atoms with Crippen molar-refractivity contribution in [3.05, 3.63) is 16.1 Å². The molecule has 16 heavy (non-hydrogen) atoms. The van der Waals surface area contributed by atoms with Gasteiger partial charge in [-0.3, -0.25) is 4.79 Å². The van der Waals surface area contributed by atoms with Gasteiger partial charge in [-0.05, 0) is 20.8 Å². The van der Waals surface area contributed by atoms with E-state index in [1.807, 2.05) is 6.92 Å². The fraction of sp³-hybridized carbons (Fsp3) is 0.600. The summed E-state index contributed by atoms with van der Waals surface area (Å²) >= 11 is 1.36. The minimum absolute atomic E-state index is 0.166. The topological polar surface area (TPSA) is 88.2 Å². The summed E-state index contributed by atoms with van der Waals surface area (Å²) in [7, 11) is 0. The number of carbonyl (C=O) groups excluding carboxylic acids is 1. The van der Waals surface area contributed by atoms with E-state index in [4.69, 9.17) is 5.73 Å². The summed E-state index contributed by atoms with van der Waals surface area (Å²) in [6, 6.07) is -0.166. The highest BCUT2D eigenvalue weighted by Crippen LogP contribution is 2.15. The highest BCUT2D eigenvalue weighted by Gasteiger charge is 2.17. The van der Waals surface area contributed by atoms with E-state index in [9.17, 15) is 9.90 Å². The molecule has 0 aliphatic rings. The summed E-state index contributed by atoms with van der Waals surface area (Å²) < 4.78 is 0. The van der Waals surface area contributed by atoms with Crippen LogP contribution in [0.2, 0.25) is 0 Å². The zero-order chi connectivity index (χ0) is 12.3. The van der Waals surface area contributed by atoms with Crippen molar-refractivity contribution >= 4 is 17.2 Å². The third-order valence-electron chi connectivity index (χ3n) is 1.83. The third kappa shape index (κ3) is 3.88. The highest BCUT2D eigenvalue weighted by atomic mass is 32.1. The molecule has 90 valence electrons. The Morgan fingerprint density at radius 1 is 1.75 bits per heavy atom. The lowest BCUT2D eigenvalue weighted by Gasteiger charge is -2.16. The van der Waals surface area contributed by atoms with E-state index < -0.39 is 5.60 Å². The summed E-state index contributed by atoms with van der Waals surface area (Å²) in [6.45, 7) is 5.26. The van der Waals surface area contributed by atoms with Crippen molar-refractivity contribution in [2.75, 3.05) is 6.54 Å². The number of nitrogens with two attached hydrogens (primary N) is 1. The number of carbonyl (C=O) groups is 1. The van der Waals surface area contributed by atoms with E-state index in [2.05, 4.69) is 10.3 Å². The molecular formula is C10H17N3O2S. The van der Waals surface area contributed by atoms with Crippen molar-refractivity contribution < 1.29 is 9.90 Å². The van der Waals surface area contributed by atoms with Crippen molar-refractivity contribution in [2.45, 2.75) is 32.4 Å². The van der Waals surface area contributed by atoms with Gasteiger partial charge in [0.1, 0.15) is 10.7 Å². The monoisotopic (exact) mass is 243 g/mol. The standard InChI is InChI=1S/C10H17N3O2S/c1-6(11)9-13-7(4-16-9)8(14)12-5-10(2,3)15/h4,6,15H,5,11H2,1-3H3,(H,12,14). The lowest BCUT2D eigenvalue weighted by atomic mass is 10.1. The van der Waals surface area contributed by atoms with Crippen LogP contribution in [0.4, 0.5) is 0 Å². The molecule has 0 aliphatic heterocycles. The van der Waals surface area contributed by atoms with Crippen LogP contribution >= 0.6 is 11.3 Å². The summed E-state index contributed by atoms with van der Waals surface area (Å²) in [6.07, 6.45) is 0. The number of amides is 1. The Balaban J connectivity index is 2.60. The Morgan fingerprint density at radius 2 is 2.38 bits per heavy atom. The molecule has 0 aliphatic carbocycles. The molecule has 0 radical (unpaired) electrons. The number of hydrogen-bond acceptors (Lipinski definition) is 5. The van der Waals surface area contributed by atoms with Crippen LogP contribution in [0.1, 0.15) is 42.3 Å². The van der Waals surface area contributed by atoms with Crippen molar-refractivity contribution in [1.29, 1.82) is 0 Å². The van der Waals surface area contributed by atoms with E-state index >= 15 is 0 Å². The first-order valence-corrected chi connectivity index (χ1v) is 5.89. The zero-order valence-corrected chi connectivity index (χ0v) is 10.5. The number of hydrogen-bond donors (Lipinski definition) is 3. The van der Waals surface area contributed by atoms with Crippen LogP contribution in [0.25, 0.3) is 0 Å². The molecule has 1 aromatic rings. The maximum atomic E-state index is 11.6. The van der Waals surface area contributed by atoms with Crippen molar-refractivity contribution in [2.24, 2.45) is 5.73 Å². The van der Waals surface area contributed by atoms with Crippen LogP contribution in [0.3, 0.4) is 0 Å². The van der Waals surface area contributed by atoms with Gasteiger partial charge in [0.25, 0.3) is 5.91 Å². The molecule has 0 spiro atoms. The number of rotatable bonds is 4. The van der Waals surface area contributed by atoms with Gasteiger partial charge in [0.15, 0.2) is 0 Å². The lowest BCUT2D eigenvalue weighted by Crippen LogP contribution is -2.38. The van der Waals surface area contributed by atoms with Crippen molar-refractivity contribution in [3.63, 3.8) is 0 Å². The van der Waals surface area contributed by atoms with Crippen LogP contribution in [0, 0.1) is 0 Å². The van der Waals surface area contributed by atoms with Crippen molar-refractivity contribution in [1.82, 2.24) is 10.3 Å². The molecule has 5 nitrogen and oxygen atoms in total. The van der Waals surface area contributed by atoms with Crippen LogP contribution in [0.5, 0.6) is 0 Å². The van der Waals surface area contributed by atoms with Gasteiger partial charge in [-0.2, -0.15) is 0 Å². The molecule has 1 amide bonds. The largest absolute Gasteiger partial charge is 0.389 e. The second kappa shape index (κ2) is 4.90. The Labute approximate surface area is 98.7 Å². The number of aromatic nitrogens is 1. The first-order chi connectivity index (χ1) is 7.29. The molecule has 4 N–H and O–H groups in total. The molecule has 0 saturated heterocycles. The van der Waals surface area contributed by atoms with E-state index in [0.29, 0.717) is 5.69 Å². The predicted molar refractivity (Wildman–Crippen MR) is 63.3 cm³/mol. The summed E-state index contributed by atoms with van der Waals surface area (Å²) in [5.74, 6) is -0.287. The molecule has 1 unspecified atom stereocenters. The first-order valence-electron chi connectivity index (χ1n) is 5.01. The second-order valence-corrected chi connectivity index (χ2v) is 5.24. The van der Waals surface area contributed by atoms with Gasteiger partial charge >= 0.3 is 0 Å². The van der Waals surface area contributed by atoms with E-state index in [-0.39, 0.29) is 18.5 Å². The summed E-state index contributed by atoms with van der Waals surface area (Å²) in [5.41, 5.74) is 5.07. The van der Waals surface area contributed by atoms with Gasteiger partial charge in [0, 0.05) is 11.9 Å². The molecule has 1 rings (SSSR count). The predicted octanol–water partition coefficient (Wildman–Crippen LogP) is 0.663. The van der Waals surface area contributed by atoms with Crippen LogP contribution in [-0.2, 0) is 0 Å². The van der Waals surface area contributed by atoms with Gasteiger partial charge < -0.3 is 16.2 Å². The molecule has 1 atom stereocenters. The summed E-state index contributed by atoms with van der Waals surface area (Å²) in [5, 5.41) is 14.5. The SMILES string of the molecule is CC(N)c1nc(C(=O)NCC(C)(C)O)cs1. The van der Waals surface area contributed by atoms with Crippen LogP contribution in [-0.4, -0.2) is 28.1 Å². The smallest absolute Gasteiger partial charge is 0.270 e. The van der Waals surface area contributed by atoms with Gasteiger partial charge in [-0.25, -0.2) is 4.98 Å². The lowest BCUT2D eigenvalue weighted by molar-refractivity contribution is 0.0692. The van der Waals surface area contributed by atoms with Gasteiger partial charge in [0.05, 0.1) is 11.6 Å². The number of thiazole rings is 1. The van der Waals surface area contributed by atoms with E-state index in [1.54, 1.807) is 19.2 Å². The minimum atomic E-state index is -0.921. The Bertz CT molecular complexity index is 368. The molecule has 0 bridgehead atoms. The van der Waals surface area contributed by atoms with E-state index in [0.717, 1.165) is 5.01 Å². The first kappa shape index (κ1) is 13.1. The maximum absolute atomic E-state index is 11.6. The van der Waals surface area contributed by atoms with Gasteiger partial charge in [0.2, 0.25) is 0 Å². The number of aliphatic hydroxyl groups is 1. The summed E-state index contributed by atoms with van der Waals surface area (Å²) in [4.78, 5) is 15.7. The number of nitrogens with zero attached hydrogens (tertiary/aromatic N) is 1. The quantitative estimate of drug-likeness (QED) is 0.725. The maximum Gasteiger partial charge on any atom is 0.270 e. The van der Waals surface area contributed by atoms with Gasteiger partial charge in [-0.15, -0.1) is 11.3 Å². The minimum Gasteiger partial charge on any atom is -0.389 e. The molecule has 1 aromatic heterocycles. The zero-order valence-electron chi connectivity index (χ0n) is 9.65. The van der Waals surface area contributed by atoms with E-state index in [1.165, 1.54) is 11.3 Å². The average molecular weight is 243 g/mol. The molecule has 0 fully saturated rings. The average Bonchev–Trinajstić information content (AvgIpc) is 2.61. The van der Waals surface area contributed by atoms with Crippen LogP contribution in [0.15, 0.2) is 5.38 Å². The third-order valence-corrected chi connectivity index (χ3v) is 2.87. The Morgan fingerprint density at radius 3 is 2.81 bits per heavy atom. The molecule has 0 saturated carbocycles. The molecular weight excluding hydrogens is 226 g/mol. The van der Waals surface area contributed by atoms with Crippen molar-refractivity contribution in [3.8, 4) is 0 Å². The molecule has 6 heteroatoms. The Hall–Kier alpha value is -0.980. The van der Waals surface area contributed by atoms with Gasteiger partial charge in [-0.1, -0.05) is 0 Å². The normalized spacial score (nSPS) is 13.6. The molecule has 1 heterocycles. The fourth-order valence-corrected chi connectivity index (χ4v) is 1.75. The Kier molecular flexibility index (Phi) is 4.01. The molecule has 0 aromatic carbocycles. The number of nitrogens with one attached hydrogen (secondary N) is 1. The fourth-order valence-electron chi connectivity index (χ4n) is 0.988. The second-order valence-electron chi connectivity index (χ2n) is 4.35.